The monoisotopic (exact) mass is 479 g/mol. The standard InChI is InChI=1S/C23H28F3N5OS/c1-4-16-12-31(20-19-21(33-13-27-19)29-22(32)28-20)17(5-2)11-30(16)18(6-3)14-7-9-15(10-8-14)23(24,25)26/h7-10,13,16-18H,4-6,11-12H2,1-3H3,(H,28,29,32)/t16-,17+,18+/m1/s1. The number of fused-ring (bicyclic) bond motifs is 1. The molecular formula is C23H28F3N5OS. The smallest absolute Gasteiger partial charge is 0.350 e. The van der Waals surface area contributed by atoms with Crippen LogP contribution in [-0.4, -0.2) is 45.0 Å². The number of benzene rings is 1. The van der Waals surface area contributed by atoms with Crippen molar-refractivity contribution >= 4 is 27.5 Å². The summed E-state index contributed by atoms with van der Waals surface area (Å²) in [5, 5.41) is 0. The fourth-order valence-corrected chi connectivity index (χ4v) is 5.52. The molecule has 1 aliphatic rings. The molecule has 1 N–H and O–H groups in total. The zero-order chi connectivity index (χ0) is 23.8. The van der Waals surface area contributed by atoms with Crippen LogP contribution >= 0.6 is 11.3 Å². The average molecular weight is 480 g/mol. The highest BCUT2D eigenvalue weighted by Gasteiger charge is 2.37. The van der Waals surface area contributed by atoms with Gasteiger partial charge in [-0.3, -0.25) is 9.88 Å². The maximum absolute atomic E-state index is 13.0. The second-order valence-corrected chi connectivity index (χ2v) is 9.25. The van der Waals surface area contributed by atoms with Gasteiger partial charge in [0, 0.05) is 31.2 Å². The molecule has 0 saturated carbocycles. The molecule has 3 atom stereocenters. The van der Waals surface area contributed by atoms with Gasteiger partial charge in [0.05, 0.1) is 11.1 Å². The van der Waals surface area contributed by atoms with Gasteiger partial charge in [-0.1, -0.05) is 32.9 Å². The van der Waals surface area contributed by atoms with E-state index in [1.807, 2.05) is 0 Å². The first-order chi connectivity index (χ1) is 15.8. The van der Waals surface area contributed by atoms with Crippen molar-refractivity contribution in [3.8, 4) is 0 Å². The van der Waals surface area contributed by atoms with Gasteiger partial charge in [-0.05, 0) is 37.0 Å². The maximum Gasteiger partial charge on any atom is 0.416 e. The van der Waals surface area contributed by atoms with Crippen LogP contribution in [0, 0.1) is 0 Å². The topological polar surface area (TPSA) is 65.1 Å². The summed E-state index contributed by atoms with van der Waals surface area (Å²) in [7, 11) is 0. The Morgan fingerprint density at radius 2 is 1.82 bits per heavy atom. The number of halogens is 3. The van der Waals surface area contributed by atoms with E-state index in [9.17, 15) is 18.0 Å². The molecule has 10 heteroatoms. The Morgan fingerprint density at radius 1 is 1.12 bits per heavy atom. The molecule has 0 spiro atoms. The summed E-state index contributed by atoms with van der Waals surface area (Å²) in [5.41, 5.74) is 2.28. The second-order valence-electron chi connectivity index (χ2n) is 8.41. The van der Waals surface area contributed by atoms with Crippen LogP contribution in [0.5, 0.6) is 0 Å². The minimum Gasteiger partial charge on any atom is -0.350 e. The number of nitrogens with one attached hydrogen (secondary N) is 1. The van der Waals surface area contributed by atoms with E-state index < -0.39 is 11.7 Å². The summed E-state index contributed by atoms with van der Waals surface area (Å²) in [6.07, 6.45) is -1.82. The van der Waals surface area contributed by atoms with Crippen molar-refractivity contribution in [3.63, 3.8) is 0 Å². The largest absolute Gasteiger partial charge is 0.416 e. The highest BCUT2D eigenvalue weighted by atomic mass is 32.1. The third kappa shape index (κ3) is 4.63. The maximum atomic E-state index is 13.0. The third-order valence-electron chi connectivity index (χ3n) is 6.58. The molecule has 2 aromatic heterocycles. The fourth-order valence-electron chi connectivity index (χ4n) is 4.87. The summed E-state index contributed by atoms with van der Waals surface area (Å²) in [5.74, 6) is 0.707. The van der Waals surface area contributed by atoms with Crippen LogP contribution in [-0.2, 0) is 6.18 Å². The van der Waals surface area contributed by atoms with Crippen LogP contribution in [0.2, 0.25) is 0 Å². The number of hydrogen-bond donors (Lipinski definition) is 1. The summed E-state index contributed by atoms with van der Waals surface area (Å²) < 4.78 is 39.1. The first kappa shape index (κ1) is 23.7. The normalized spacial score (nSPS) is 21.0. The predicted molar refractivity (Wildman–Crippen MR) is 125 cm³/mol. The molecule has 1 fully saturated rings. The number of alkyl halides is 3. The summed E-state index contributed by atoms with van der Waals surface area (Å²) in [6.45, 7) is 7.73. The molecule has 33 heavy (non-hydrogen) atoms. The van der Waals surface area contributed by atoms with Gasteiger partial charge in [0.15, 0.2) is 4.83 Å². The molecule has 3 aromatic rings. The zero-order valence-electron chi connectivity index (χ0n) is 18.9. The van der Waals surface area contributed by atoms with Crippen molar-refractivity contribution in [3.05, 3.63) is 51.4 Å². The molecule has 1 aliphatic heterocycles. The lowest BCUT2D eigenvalue weighted by Crippen LogP contribution is -2.59. The molecule has 0 radical (unpaired) electrons. The number of thiazole rings is 1. The van der Waals surface area contributed by atoms with E-state index in [4.69, 9.17) is 0 Å². The van der Waals surface area contributed by atoms with Crippen LogP contribution in [0.3, 0.4) is 0 Å². The average Bonchev–Trinajstić information content (AvgIpc) is 3.27. The highest BCUT2D eigenvalue weighted by molar-refractivity contribution is 7.16. The summed E-state index contributed by atoms with van der Waals surface area (Å²) in [4.78, 5) is 28.8. The van der Waals surface area contributed by atoms with E-state index in [2.05, 4.69) is 45.5 Å². The Kier molecular flexibility index (Phi) is 6.76. The molecule has 1 saturated heterocycles. The Balaban J connectivity index is 1.66. The van der Waals surface area contributed by atoms with Crippen molar-refractivity contribution in [1.29, 1.82) is 0 Å². The number of aromatic amines is 1. The van der Waals surface area contributed by atoms with E-state index in [-0.39, 0.29) is 23.8 Å². The van der Waals surface area contributed by atoms with Crippen molar-refractivity contribution in [2.24, 2.45) is 0 Å². The highest BCUT2D eigenvalue weighted by Crippen LogP contribution is 2.36. The van der Waals surface area contributed by atoms with E-state index in [1.54, 1.807) is 17.6 Å². The van der Waals surface area contributed by atoms with Crippen molar-refractivity contribution in [2.45, 2.75) is 64.3 Å². The van der Waals surface area contributed by atoms with Crippen LogP contribution in [0.15, 0.2) is 34.6 Å². The first-order valence-electron chi connectivity index (χ1n) is 11.3. The van der Waals surface area contributed by atoms with Crippen LogP contribution in [0.1, 0.15) is 57.2 Å². The number of nitrogens with zero attached hydrogens (tertiary/aromatic N) is 4. The van der Waals surface area contributed by atoms with Crippen molar-refractivity contribution in [2.75, 3.05) is 18.0 Å². The lowest BCUT2D eigenvalue weighted by atomic mass is 9.94. The number of rotatable bonds is 6. The third-order valence-corrected chi connectivity index (χ3v) is 7.30. The quantitative estimate of drug-likeness (QED) is 0.525. The van der Waals surface area contributed by atoms with Gasteiger partial charge in [-0.2, -0.15) is 18.2 Å². The lowest BCUT2D eigenvalue weighted by Gasteiger charge is -2.49. The second kappa shape index (κ2) is 9.42. The van der Waals surface area contributed by atoms with Gasteiger partial charge >= 0.3 is 11.9 Å². The first-order valence-corrected chi connectivity index (χ1v) is 12.2. The molecule has 0 bridgehead atoms. The van der Waals surface area contributed by atoms with Crippen LogP contribution in [0.4, 0.5) is 19.0 Å². The molecule has 3 heterocycles. The molecule has 4 rings (SSSR count). The lowest BCUT2D eigenvalue weighted by molar-refractivity contribution is -0.137. The van der Waals surface area contributed by atoms with Gasteiger partial charge in [-0.25, -0.2) is 9.78 Å². The molecule has 0 aliphatic carbocycles. The van der Waals surface area contributed by atoms with Crippen LogP contribution < -0.4 is 10.6 Å². The number of H-pyrrole nitrogens is 1. The minimum absolute atomic E-state index is 0.0178. The molecule has 178 valence electrons. The number of piperazine rings is 1. The molecule has 1 aromatic carbocycles. The fraction of sp³-hybridized carbons (Fsp3) is 0.522. The summed E-state index contributed by atoms with van der Waals surface area (Å²) >= 11 is 1.34. The zero-order valence-corrected chi connectivity index (χ0v) is 19.7. The Bertz CT molecular complexity index is 1140. The molecule has 6 nitrogen and oxygen atoms in total. The van der Waals surface area contributed by atoms with E-state index in [1.165, 1.54) is 23.5 Å². The molecule has 0 unspecified atom stereocenters. The van der Waals surface area contributed by atoms with E-state index in [0.29, 0.717) is 22.7 Å². The van der Waals surface area contributed by atoms with Gasteiger partial charge in [0.2, 0.25) is 0 Å². The van der Waals surface area contributed by atoms with Crippen LogP contribution in [0.25, 0.3) is 10.3 Å². The Morgan fingerprint density at radius 3 is 2.42 bits per heavy atom. The summed E-state index contributed by atoms with van der Waals surface area (Å²) in [6, 6.07) is 5.88. The van der Waals surface area contributed by atoms with Crippen molar-refractivity contribution < 1.29 is 13.2 Å². The number of hydrogen-bond acceptors (Lipinski definition) is 6. The predicted octanol–water partition coefficient (Wildman–Crippen LogP) is 5.23. The minimum atomic E-state index is -4.34. The van der Waals surface area contributed by atoms with Gasteiger partial charge in [-0.15, -0.1) is 11.3 Å². The van der Waals surface area contributed by atoms with Crippen molar-refractivity contribution in [1.82, 2.24) is 19.9 Å². The van der Waals surface area contributed by atoms with E-state index in [0.717, 1.165) is 31.4 Å². The van der Waals surface area contributed by atoms with Gasteiger partial charge in [0.25, 0.3) is 0 Å². The number of anilines is 1. The van der Waals surface area contributed by atoms with Gasteiger partial charge in [0.1, 0.15) is 11.3 Å². The Labute approximate surface area is 194 Å². The van der Waals surface area contributed by atoms with E-state index >= 15 is 0 Å². The van der Waals surface area contributed by atoms with Gasteiger partial charge < -0.3 is 4.90 Å². The number of aromatic nitrogens is 3. The molecular weight excluding hydrogens is 451 g/mol. The molecule has 0 amide bonds. The Hall–Kier alpha value is -2.46. The SMILES string of the molecule is CC[C@H]1CN([C@@H](CC)c2ccc(C(F)(F)F)cc2)[C@H](CC)CN1c1[nH]c(=O)nc2scnc12.